The van der Waals surface area contributed by atoms with Crippen molar-refractivity contribution in [2.75, 3.05) is 7.11 Å². The second-order valence-electron chi connectivity index (χ2n) is 4.66. The Kier molecular flexibility index (Phi) is 12.6. The minimum Gasteiger partial charge on any atom is -0.465 e. The first-order valence-electron chi connectivity index (χ1n) is 6.85. The zero-order valence-electron chi connectivity index (χ0n) is 14.5. The average molecular weight is 315 g/mol. The van der Waals surface area contributed by atoms with Crippen LogP contribution in [0.25, 0.3) is 0 Å². The molecular weight excluding hydrogens is 290 g/mol. The van der Waals surface area contributed by atoms with Crippen LogP contribution in [0.15, 0.2) is 59.9 Å². The summed E-state index contributed by atoms with van der Waals surface area (Å²) in [5.74, 6) is 1.30. The fraction of sp³-hybridized carbons (Fsp3) is 0.263. The highest BCUT2D eigenvalue weighted by atomic mass is 16.5. The number of terminal acetylenes is 1. The van der Waals surface area contributed by atoms with E-state index < -0.39 is 5.97 Å². The van der Waals surface area contributed by atoms with Crippen molar-refractivity contribution in [1.82, 2.24) is 5.32 Å². The highest BCUT2D eigenvalue weighted by Crippen LogP contribution is 2.05. The van der Waals surface area contributed by atoms with Crippen molar-refractivity contribution < 1.29 is 14.3 Å². The van der Waals surface area contributed by atoms with Gasteiger partial charge < -0.3 is 10.1 Å². The van der Waals surface area contributed by atoms with E-state index in [9.17, 15) is 9.59 Å². The predicted molar refractivity (Wildman–Crippen MR) is 95.3 cm³/mol. The van der Waals surface area contributed by atoms with Crippen LogP contribution in [0.3, 0.4) is 0 Å². The molecule has 0 bridgehead atoms. The summed E-state index contributed by atoms with van der Waals surface area (Å²) in [6, 6.07) is 0. The number of esters is 1. The van der Waals surface area contributed by atoms with Gasteiger partial charge in [-0.15, -0.1) is 12.3 Å². The van der Waals surface area contributed by atoms with Crippen molar-refractivity contribution in [2.45, 2.75) is 27.7 Å². The Morgan fingerprint density at radius 2 is 1.74 bits per heavy atom. The second kappa shape index (κ2) is 12.9. The van der Waals surface area contributed by atoms with Crippen molar-refractivity contribution in [2.24, 2.45) is 0 Å². The Labute approximate surface area is 139 Å². The van der Waals surface area contributed by atoms with Crippen LogP contribution in [-0.4, -0.2) is 19.0 Å². The maximum atomic E-state index is 11.9. The van der Waals surface area contributed by atoms with Crippen molar-refractivity contribution in [3.63, 3.8) is 0 Å². The molecule has 0 aromatic carbocycles. The Bertz CT molecular complexity index is 580. The summed E-state index contributed by atoms with van der Waals surface area (Å²) < 4.78 is 4.56. The van der Waals surface area contributed by atoms with Crippen LogP contribution in [0.2, 0.25) is 0 Å². The van der Waals surface area contributed by atoms with Crippen LogP contribution in [-0.2, 0) is 14.3 Å². The zero-order chi connectivity index (χ0) is 18.4. The van der Waals surface area contributed by atoms with Gasteiger partial charge in [-0.05, 0) is 39.8 Å². The lowest BCUT2D eigenvalue weighted by Gasteiger charge is -2.05. The quantitative estimate of drug-likeness (QED) is 0.353. The van der Waals surface area contributed by atoms with Crippen molar-refractivity contribution in [3.05, 3.63) is 59.9 Å². The first-order valence-corrected chi connectivity index (χ1v) is 6.85. The van der Waals surface area contributed by atoms with Crippen LogP contribution >= 0.6 is 0 Å². The molecule has 4 heteroatoms. The number of rotatable bonds is 6. The molecule has 1 amide bonds. The molecule has 23 heavy (non-hydrogen) atoms. The average Bonchev–Trinajstić information content (AvgIpc) is 2.50. The molecular formula is C19H25NO3. The predicted octanol–water partition coefficient (Wildman–Crippen LogP) is 3.45. The molecule has 0 aliphatic rings. The Morgan fingerprint density at radius 1 is 1.22 bits per heavy atom. The van der Waals surface area contributed by atoms with Crippen molar-refractivity contribution in [3.8, 4) is 12.3 Å². The molecule has 0 fully saturated rings. The number of hydrogen-bond acceptors (Lipinski definition) is 3. The third kappa shape index (κ3) is 11.5. The van der Waals surface area contributed by atoms with Gasteiger partial charge in [0.15, 0.2) is 0 Å². The van der Waals surface area contributed by atoms with E-state index in [1.165, 1.54) is 19.3 Å². The van der Waals surface area contributed by atoms with E-state index in [1.54, 1.807) is 19.9 Å². The molecule has 124 valence electrons. The highest BCUT2D eigenvalue weighted by molar-refractivity contribution is 6.00. The molecule has 0 saturated carbocycles. The fourth-order valence-electron chi connectivity index (χ4n) is 1.16. The Morgan fingerprint density at radius 3 is 2.13 bits per heavy atom. The molecule has 0 radical (unpaired) electrons. The van der Waals surface area contributed by atoms with Gasteiger partial charge in [0, 0.05) is 11.3 Å². The van der Waals surface area contributed by atoms with E-state index in [4.69, 9.17) is 0 Å². The lowest BCUT2D eigenvalue weighted by molar-refractivity contribution is -0.135. The summed E-state index contributed by atoms with van der Waals surface area (Å²) in [7, 11) is 1.26. The number of hydrogen-bond donors (Lipinski definition) is 1. The lowest BCUT2D eigenvalue weighted by atomic mass is 10.1. The minimum atomic E-state index is -0.564. The van der Waals surface area contributed by atoms with Crippen LogP contribution in [0.4, 0.5) is 0 Å². The molecule has 0 saturated heterocycles. The van der Waals surface area contributed by atoms with E-state index in [2.05, 4.69) is 35.6 Å². The number of allylic oxidation sites excluding steroid dienone is 4. The van der Waals surface area contributed by atoms with Crippen molar-refractivity contribution in [1.29, 1.82) is 0 Å². The Balaban J connectivity index is 0. The molecule has 0 heterocycles. The summed E-state index contributed by atoms with van der Waals surface area (Å²) in [6.45, 7) is 14.4. The van der Waals surface area contributed by atoms with Crippen LogP contribution in [0.5, 0.6) is 0 Å². The third-order valence-electron chi connectivity index (χ3n) is 2.24. The van der Waals surface area contributed by atoms with E-state index in [-0.39, 0.29) is 17.1 Å². The number of amides is 1. The molecule has 0 aromatic heterocycles. The van der Waals surface area contributed by atoms with E-state index in [1.807, 2.05) is 19.9 Å². The van der Waals surface area contributed by atoms with Crippen LogP contribution in [0, 0.1) is 12.3 Å². The van der Waals surface area contributed by atoms with Gasteiger partial charge in [0.2, 0.25) is 0 Å². The first kappa shape index (κ1) is 22.5. The SMILES string of the molecule is C#CC.C=C/C(=C\C(=C)C(=O)N/C(C)=C/C=C(C)C)C(=O)OC. The van der Waals surface area contributed by atoms with Gasteiger partial charge in [-0.3, -0.25) is 4.79 Å². The summed E-state index contributed by atoms with van der Waals surface area (Å²) in [4.78, 5) is 23.2. The molecule has 0 atom stereocenters. The highest BCUT2D eigenvalue weighted by Gasteiger charge is 2.10. The molecule has 0 rings (SSSR count). The number of methoxy groups -OCH3 is 1. The minimum absolute atomic E-state index is 0.148. The molecule has 0 unspecified atom stereocenters. The van der Waals surface area contributed by atoms with Gasteiger partial charge >= 0.3 is 5.97 Å². The van der Waals surface area contributed by atoms with Gasteiger partial charge in [0.1, 0.15) is 0 Å². The number of ether oxygens (including phenoxy) is 1. The standard InChI is InChI=1S/C16H21NO3.C3H4/c1-7-14(16(19)20-6)10-12(4)15(18)17-13(5)9-8-11(2)3;1-3-2/h7-10H,1,4H2,2-3,5-6H3,(H,17,18);1H,2H3/b13-9+,14-10+;. The topological polar surface area (TPSA) is 55.4 Å². The molecule has 0 aromatic rings. The van der Waals surface area contributed by atoms with Crippen LogP contribution < -0.4 is 5.32 Å². The van der Waals surface area contributed by atoms with Gasteiger partial charge in [-0.25, -0.2) is 4.79 Å². The molecule has 0 aliphatic carbocycles. The number of nitrogens with one attached hydrogen (secondary N) is 1. The fourth-order valence-corrected chi connectivity index (χ4v) is 1.16. The second-order valence-corrected chi connectivity index (χ2v) is 4.66. The number of carbonyl (C=O) groups is 2. The maximum Gasteiger partial charge on any atom is 0.337 e. The van der Waals surface area contributed by atoms with Gasteiger partial charge in [-0.2, -0.15) is 0 Å². The Hall–Kier alpha value is -2.80. The lowest BCUT2D eigenvalue weighted by Crippen LogP contribution is -2.22. The first-order chi connectivity index (χ1) is 10.7. The molecule has 0 aliphatic heterocycles. The van der Waals surface area contributed by atoms with Gasteiger partial charge in [-0.1, -0.05) is 30.9 Å². The van der Waals surface area contributed by atoms with Gasteiger partial charge in [0.25, 0.3) is 5.91 Å². The van der Waals surface area contributed by atoms with E-state index in [0.717, 1.165) is 5.57 Å². The zero-order valence-corrected chi connectivity index (χ0v) is 14.5. The third-order valence-corrected chi connectivity index (χ3v) is 2.24. The van der Waals surface area contributed by atoms with Gasteiger partial charge in [0.05, 0.1) is 12.7 Å². The number of carbonyl (C=O) groups excluding carboxylic acids is 2. The molecule has 0 spiro atoms. The monoisotopic (exact) mass is 315 g/mol. The summed E-state index contributed by atoms with van der Waals surface area (Å²) in [5, 5.41) is 2.67. The molecule has 1 N–H and O–H groups in total. The van der Waals surface area contributed by atoms with Crippen LogP contribution in [0.1, 0.15) is 27.7 Å². The molecule has 4 nitrogen and oxygen atoms in total. The van der Waals surface area contributed by atoms with Crippen molar-refractivity contribution >= 4 is 11.9 Å². The summed E-state index contributed by atoms with van der Waals surface area (Å²) >= 11 is 0. The maximum absolute atomic E-state index is 11.9. The summed E-state index contributed by atoms with van der Waals surface area (Å²) in [5.41, 5.74) is 2.13. The normalized spacial score (nSPS) is 10.3. The van der Waals surface area contributed by atoms with E-state index >= 15 is 0 Å². The van der Waals surface area contributed by atoms with E-state index in [0.29, 0.717) is 5.70 Å². The summed E-state index contributed by atoms with van der Waals surface area (Å²) in [6.07, 6.45) is 10.9. The largest absolute Gasteiger partial charge is 0.465 e. The smallest absolute Gasteiger partial charge is 0.337 e.